The van der Waals surface area contributed by atoms with E-state index < -0.39 is 5.92 Å². The van der Waals surface area contributed by atoms with Gasteiger partial charge in [-0.2, -0.15) is 13.9 Å². The second-order valence-electron chi connectivity index (χ2n) is 14.2. The van der Waals surface area contributed by atoms with Crippen LogP contribution in [0.15, 0.2) is 41.1 Å². The Morgan fingerprint density at radius 1 is 1.06 bits per heavy atom. The van der Waals surface area contributed by atoms with Crippen molar-refractivity contribution in [1.29, 1.82) is 0 Å². The van der Waals surface area contributed by atoms with Gasteiger partial charge in [-0.3, -0.25) is 14.5 Å². The molecule has 3 heterocycles. The molecule has 2 aliphatic heterocycles. The first kappa shape index (κ1) is 50.6. The monoisotopic (exact) mass is 750 g/mol. The van der Waals surface area contributed by atoms with Crippen LogP contribution in [-0.4, -0.2) is 107 Å². The number of aryl methyl sites for hydroxylation is 1. The summed E-state index contributed by atoms with van der Waals surface area (Å²) in [5.41, 5.74) is 4.28. The summed E-state index contributed by atoms with van der Waals surface area (Å²) in [5, 5.41) is 4.66. The van der Waals surface area contributed by atoms with Gasteiger partial charge in [-0.1, -0.05) is 95.7 Å². The van der Waals surface area contributed by atoms with E-state index in [4.69, 9.17) is 4.74 Å². The van der Waals surface area contributed by atoms with Crippen LogP contribution >= 0.6 is 0 Å². The van der Waals surface area contributed by atoms with Gasteiger partial charge in [-0.05, 0) is 57.7 Å². The van der Waals surface area contributed by atoms with Crippen LogP contribution in [0, 0.1) is 18.8 Å². The fourth-order valence-corrected chi connectivity index (χ4v) is 7.22. The van der Waals surface area contributed by atoms with Gasteiger partial charge in [0.25, 0.3) is 0 Å². The predicted molar refractivity (Wildman–Crippen MR) is 226 cm³/mol. The quantitative estimate of drug-likeness (QED) is 0.167. The first-order valence-electron chi connectivity index (χ1n) is 20.8. The second-order valence-corrected chi connectivity index (χ2v) is 14.2. The van der Waals surface area contributed by atoms with Crippen LogP contribution in [0.25, 0.3) is 0 Å². The van der Waals surface area contributed by atoms with Crippen LogP contribution in [0.5, 0.6) is 0 Å². The SMILES string of the molecule is C=CC(=C)N1CCN(C(CC)C(C)C)CC1.CC.CC.CC.CCCC(CCN(C)C1N=C(C(C)(F)F)N=C(C)[C@@H]1C)c1c(C)cnn1C1CC1OC. The lowest BCUT2D eigenvalue weighted by Crippen LogP contribution is -2.50. The minimum Gasteiger partial charge on any atom is -0.379 e. The first-order valence-corrected chi connectivity index (χ1v) is 20.8. The average Bonchev–Trinajstić information content (AvgIpc) is 3.85. The van der Waals surface area contributed by atoms with E-state index in [1.54, 1.807) is 7.11 Å². The maximum atomic E-state index is 13.9. The van der Waals surface area contributed by atoms with Gasteiger partial charge in [0, 0.05) is 88.2 Å². The number of ether oxygens (including phenoxy) is 1. The van der Waals surface area contributed by atoms with E-state index in [0.29, 0.717) is 17.7 Å². The Bertz CT molecular complexity index is 1230. The molecule has 3 aliphatic rings. The van der Waals surface area contributed by atoms with Crippen molar-refractivity contribution in [1.82, 2.24) is 24.5 Å². The van der Waals surface area contributed by atoms with Gasteiger partial charge >= 0.3 is 5.92 Å². The van der Waals surface area contributed by atoms with Gasteiger partial charge in [0.15, 0.2) is 5.84 Å². The van der Waals surface area contributed by atoms with Crippen LogP contribution in [0.1, 0.15) is 145 Å². The van der Waals surface area contributed by atoms with Gasteiger partial charge in [-0.25, -0.2) is 9.98 Å². The summed E-state index contributed by atoms with van der Waals surface area (Å²) in [5.74, 6) is -2.28. The van der Waals surface area contributed by atoms with Gasteiger partial charge in [0.05, 0.1) is 18.3 Å². The van der Waals surface area contributed by atoms with Crippen LogP contribution < -0.4 is 0 Å². The van der Waals surface area contributed by atoms with Crippen LogP contribution in [-0.2, 0) is 4.74 Å². The summed E-state index contributed by atoms with van der Waals surface area (Å²) < 4.78 is 35.5. The van der Waals surface area contributed by atoms with Crippen LogP contribution in [0.3, 0.4) is 0 Å². The molecule has 308 valence electrons. The Morgan fingerprint density at radius 2 is 1.64 bits per heavy atom. The minimum absolute atomic E-state index is 0.00177. The highest BCUT2D eigenvalue weighted by molar-refractivity contribution is 6.03. The van der Waals surface area contributed by atoms with Crippen molar-refractivity contribution < 1.29 is 13.5 Å². The van der Waals surface area contributed by atoms with Crippen LogP contribution in [0.4, 0.5) is 8.78 Å². The highest BCUT2D eigenvalue weighted by atomic mass is 19.3. The van der Waals surface area contributed by atoms with Gasteiger partial charge < -0.3 is 9.64 Å². The molecular formula is C43H81F2N7O. The van der Waals surface area contributed by atoms with Gasteiger partial charge in [0.2, 0.25) is 0 Å². The Labute approximate surface area is 325 Å². The van der Waals surface area contributed by atoms with Crippen molar-refractivity contribution in [3.8, 4) is 0 Å². The zero-order valence-electron chi connectivity index (χ0n) is 37.0. The van der Waals surface area contributed by atoms with Crippen molar-refractivity contribution in [3.05, 3.63) is 42.4 Å². The number of hydrogen-bond donors (Lipinski definition) is 0. The number of methoxy groups -OCH3 is 1. The number of allylic oxidation sites excluding steroid dienone is 1. The lowest BCUT2D eigenvalue weighted by Gasteiger charge is -2.41. The van der Waals surface area contributed by atoms with Gasteiger partial charge in [0.1, 0.15) is 6.17 Å². The molecule has 0 aromatic carbocycles. The molecule has 8 nitrogen and oxygen atoms in total. The summed E-state index contributed by atoms with van der Waals surface area (Å²) in [6.45, 7) is 41.0. The highest BCUT2D eigenvalue weighted by Gasteiger charge is 2.42. The Hall–Kier alpha value is -2.43. The van der Waals surface area contributed by atoms with Crippen LogP contribution in [0.2, 0.25) is 0 Å². The second kappa shape index (κ2) is 25.6. The zero-order valence-corrected chi connectivity index (χ0v) is 37.0. The van der Waals surface area contributed by atoms with E-state index in [0.717, 1.165) is 83.0 Å². The molecule has 0 N–H and O–H groups in total. The molecule has 5 unspecified atom stereocenters. The number of hydrogen-bond acceptors (Lipinski definition) is 7. The van der Waals surface area contributed by atoms with Crippen molar-refractivity contribution in [2.75, 3.05) is 46.9 Å². The third-order valence-electron chi connectivity index (χ3n) is 10.3. The Kier molecular flexibility index (Phi) is 24.4. The molecule has 0 bridgehead atoms. The molecule has 1 aliphatic carbocycles. The third-order valence-corrected chi connectivity index (χ3v) is 10.3. The predicted octanol–water partition coefficient (Wildman–Crippen LogP) is 10.7. The smallest absolute Gasteiger partial charge is 0.303 e. The summed E-state index contributed by atoms with van der Waals surface area (Å²) in [6, 6.07) is 1.06. The summed E-state index contributed by atoms with van der Waals surface area (Å²) in [7, 11) is 3.73. The lowest BCUT2D eigenvalue weighted by atomic mass is 9.92. The molecule has 10 heteroatoms. The van der Waals surface area contributed by atoms with E-state index in [1.807, 2.05) is 74.7 Å². The molecule has 1 aromatic rings. The van der Waals surface area contributed by atoms with Crippen molar-refractivity contribution in [3.63, 3.8) is 0 Å². The van der Waals surface area contributed by atoms with Crippen molar-refractivity contribution >= 4 is 11.5 Å². The number of piperazine rings is 1. The topological polar surface area (TPSA) is 61.5 Å². The minimum atomic E-state index is -3.03. The van der Waals surface area contributed by atoms with E-state index in [1.165, 1.54) is 17.7 Å². The van der Waals surface area contributed by atoms with E-state index in [2.05, 4.69) is 82.2 Å². The number of halogens is 2. The number of aliphatic imine (C=N–C) groups is 2. The third kappa shape index (κ3) is 15.0. The molecule has 6 atom stereocenters. The molecule has 0 radical (unpaired) electrons. The molecule has 4 rings (SSSR count). The molecule has 0 spiro atoms. The molecule has 2 fully saturated rings. The fraction of sp³-hybridized carbons (Fsp3) is 0.791. The number of alkyl halides is 2. The summed E-state index contributed by atoms with van der Waals surface area (Å²) in [4.78, 5) is 15.5. The molecule has 1 saturated carbocycles. The van der Waals surface area contributed by atoms with Crippen molar-refractivity contribution in [2.45, 2.75) is 165 Å². The van der Waals surface area contributed by atoms with E-state index in [9.17, 15) is 8.78 Å². The summed E-state index contributed by atoms with van der Waals surface area (Å²) >= 11 is 0. The van der Waals surface area contributed by atoms with Crippen molar-refractivity contribution in [2.24, 2.45) is 21.8 Å². The van der Waals surface area contributed by atoms with Gasteiger partial charge in [-0.15, -0.1) is 0 Å². The Balaban J connectivity index is 0.00000104. The number of aromatic nitrogens is 2. The lowest BCUT2D eigenvalue weighted by molar-refractivity contribution is 0.0909. The average molecular weight is 750 g/mol. The highest BCUT2D eigenvalue weighted by Crippen LogP contribution is 2.42. The standard InChI is InChI=1S/C23H37F2N5O.C14H26N2.3C2H6/c1-8-9-17(20-14(2)13-26-30(20)18-12-19(18)31-7)10-11-29(6)21-15(3)16(4)27-22(28-21)23(5,24)25;1-6-13(5)15-8-10-16(11-9-15)14(7-2)12(3)4;3*1-2/h13,15,17-19,21H,8-12H2,1-7H3;6,12,14H,1,5,7-11H2,2-4H3;3*1-2H3/t15-,17?,18?,19?,21?;;;;/m0..../s1. The molecular weight excluding hydrogens is 669 g/mol. The number of nitrogens with zero attached hydrogens (tertiary/aromatic N) is 7. The normalized spacial score (nSPS) is 22.3. The van der Waals surface area contributed by atoms with E-state index >= 15 is 0 Å². The Morgan fingerprint density at radius 3 is 2.09 bits per heavy atom. The fourth-order valence-electron chi connectivity index (χ4n) is 7.22. The summed E-state index contributed by atoms with van der Waals surface area (Å²) in [6.07, 6.45) is 9.05. The molecule has 0 amide bonds. The largest absolute Gasteiger partial charge is 0.379 e. The molecule has 1 saturated heterocycles. The first-order chi connectivity index (χ1) is 25.2. The maximum absolute atomic E-state index is 13.9. The van der Waals surface area contributed by atoms with E-state index in [-0.39, 0.29) is 24.0 Å². The molecule has 53 heavy (non-hydrogen) atoms. The zero-order chi connectivity index (χ0) is 41.1. The number of amidine groups is 1. The molecule has 1 aromatic heterocycles. The maximum Gasteiger partial charge on any atom is 0.303 e. The number of rotatable bonds is 15.